The van der Waals surface area contributed by atoms with Gasteiger partial charge in [-0.1, -0.05) is 11.6 Å². The highest BCUT2D eigenvalue weighted by atomic mass is 35.5. The molecular formula is C19H17ClF2N2O. The third-order valence-corrected chi connectivity index (χ3v) is 4.12. The number of aromatic nitrogens is 2. The second-order valence-corrected chi connectivity index (χ2v) is 6.04. The Kier molecular flexibility index (Phi) is 4.77. The van der Waals surface area contributed by atoms with E-state index in [2.05, 4.69) is 4.98 Å². The van der Waals surface area contributed by atoms with Gasteiger partial charge in [0.15, 0.2) is 0 Å². The molecule has 0 aliphatic carbocycles. The van der Waals surface area contributed by atoms with Crippen LogP contribution in [0, 0.1) is 25.5 Å². The molecule has 0 bridgehead atoms. The van der Waals surface area contributed by atoms with Gasteiger partial charge in [0.25, 0.3) is 0 Å². The Morgan fingerprint density at radius 1 is 1.08 bits per heavy atom. The average Bonchev–Trinajstić information content (AvgIpc) is 2.82. The van der Waals surface area contributed by atoms with Crippen molar-refractivity contribution in [3.63, 3.8) is 0 Å². The fraction of sp³-hybridized carbons (Fsp3) is 0.211. The molecule has 0 N–H and O–H groups in total. The average molecular weight is 363 g/mol. The van der Waals surface area contributed by atoms with E-state index in [1.54, 1.807) is 49.6 Å². The van der Waals surface area contributed by atoms with Gasteiger partial charge < -0.3 is 4.74 Å². The summed E-state index contributed by atoms with van der Waals surface area (Å²) in [5.41, 5.74) is 1.51. The van der Waals surface area contributed by atoms with Crippen LogP contribution < -0.4 is 4.74 Å². The Hall–Kier alpha value is -2.40. The zero-order valence-corrected chi connectivity index (χ0v) is 14.9. The largest absolute Gasteiger partial charge is 0.494 e. The van der Waals surface area contributed by atoms with Crippen molar-refractivity contribution in [2.75, 3.05) is 6.61 Å². The van der Waals surface area contributed by atoms with E-state index in [0.29, 0.717) is 28.8 Å². The number of nitrogens with zero attached hydrogens (tertiary/aromatic N) is 2. The molecule has 0 aliphatic heterocycles. The van der Waals surface area contributed by atoms with Crippen LogP contribution in [0.2, 0.25) is 5.02 Å². The highest BCUT2D eigenvalue weighted by Gasteiger charge is 2.22. The van der Waals surface area contributed by atoms with Crippen LogP contribution >= 0.6 is 11.6 Å². The minimum Gasteiger partial charge on any atom is -0.494 e. The third-order valence-electron chi connectivity index (χ3n) is 3.87. The summed E-state index contributed by atoms with van der Waals surface area (Å²) < 4.78 is 36.3. The first kappa shape index (κ1) is 17.4. The van der Waals surface area contributed by atoms with Crippen molar-refractivity contribution in [1.29, 1.82) is 0 Å². The molecule has 1 aromatic heterocycles. The smallest absolute Gasteiger partial charge is 0.139 e. The maximum absolute atomic E-state index is 14.7. The Bertz CT molecular complexity index is 897. The molecule has 25 heavy (non-hydrogen) atoms. The van der Waals surface area contributed by atoms with E-state index >= 15 is 0 Å². The van der Waals surface area contributed by atoms with E-state index in [1.165, 1.54) is 12.1 Å². The van der Waals surface area contributed by atoms with Crippen LogP contribution in [-0.4, -0.2) is 16.2 Å². The zero-order valence-electron chi connectivity index (χ0n) is 14.1. The molecule has 2 aromatic carbocycles. The molecule has 0 spiro atoms. The quantitative estimate of drug-likeness (QED) is 0.614. The van der Waals surface area contributed by atoms with Gasteiger partial charge in [0.1, 0.15) is 23.2 Å². The summed E-state index contributed by atoms with van der Waals surface area (Å²) in [6, 6.07) is 9.39. The third kappa shape index (κ3) is 3.24. The van der Waals surface area contributed by atoms with Crippen LogP contribution in [0.5, 0.6) is 5.75 Å². The number of hydrogen-bond donors (Lipinski definition) is 0. The van der Waals surface area contributed by atoms with Crippen molar-refractivity contribution in [1.82, 2.24) is 9.55 Å². The Labute approximate surface area is 149 Å². The number of halogens is 3. The predicted octanol–water partition coefficient (Wildman–Crippen LogP) is 5.49. The molecule has 3 rings (SSSR count). The van der Waals surface area contributed by atoms with Gasteiger partial charge in [-0.3, -0.25) is 4.57 Å². The Morgan fingerprint density at radius 3 is 2.24 bits per heavy atom. The predicted molar refractivity (Wildman–Crippen MR) is 94.6 cm³/mol. The van der Waals surface area contributed by atoms with E-state index in [-0.39, 0.29) is 11.3 Å². The lowest BCUT2D eigenvalue weighted by molar-refractivity contribution is 0.336. The van der Waals surface area contributed by atoms with Crippen molar-refractivity contribution in [2.24, 2.45) is 0 Å². The summed E-state index contributed by atoms with van der Waals surface area (Å²) in [5.74, 6) is -0.598. The van der Waals surface area contributed by atoms with Crippen molar-refractivity contribution in [3.8, 4) is 22.7 Å². The number of benzene rings is 2. The molecule has 3 aromatic rings. The monoisotopic (exact) mass is 362 g/mol. The van der Waals surface area contributed by atoms with Gasteiger partial charge in [-0.05, 0) is 45.0 Å². The molecule has 3 nitrogen and oxygen atoms in total. The number of aryl methyl sites for hydroxylation is 2. The number of hydrogen-bond acceptors (Lipinski definition) is 2. The molecule has 6 heteroatoms. The summed E-state index contributed by atoms with van der Waals surface area (Å²) in [6.45, 7) is 5.60. The summed E-state index contributed by atoms with van der Waals surface area (Å²) in [5, 5.41) is 0.582. The molecule has 0 radical (unpaired) electrons. The fourth-order valence-corrected chi connectivity index (χ4v) is 3.02. The summed E-state index contributed by atoms with van der Waals surface area (Å²) in [4.78, 5) is 4.39. The van der Waals surface area contributed by atoms with Gasteiger partial charge in [0.05, 0.1) is 23.6 Å². The molecule has 0 unspecified atom stereocenters. The van der Waals surface area contributed by atoms with E-state index in [0.717, 1.165) is 5.69 Å². The molecule has 0 aliphatic rings. The minimum atomic E-state index is -0.693. The first-order valence-corrected chi connectivity index (χ1v) is 8.24. The van der Waals surface area contributed by atoms with Crippen LogP contribution in [0.4, 0.5) is 8.78 Å². The normalized spacial score (nSPS) is 11.0. The highest BCUT2D eigenvalue weighted by Crippen LogP contribution is 2.34. The van der Waals surface area contributed by atoms with E-state index < -0.39 is 11.6 Å². The van der Waals surface area contributed by atoms with Crippen LogP contribution in [-0.2, 0) is 0 Å². The Morgan fingerprint density at radius 2 is 1.68 bits per heavy atom. The lowest BCUT2D eigenvalue weighted by atomic mass is 10.1. The maximum Gasteiger partial charge on any atom is 0.139 e. The van der Waals surface area contributed by atoms with Crippen molar-refractivity contribution in [2.45, 2.75) is 20.8 Å². The van der Waals surface area contributed by atoms with Gasteiger partial charge >= 0.3 is 0 Å². The first-order valence-electron chi connectivity index (χ1n) is 7.86. The SMILES string of the molecule is CCOc1cc(F)c(-c2c(C)nc(C)n2-c2ccc(Cl)cc2)c(F)c1. The zero-order chi connectivity index (χ0) is 18.1. The lowest BCUT2D eigenvalue weighted by Gasteiger charge is -2.14. The Balaban J connectivity index is 2.23. The molecule has 0 fully saturated rings. The van der Waals surface area contributed by atoms with Crippen LogP contribution in [0.1, 0.15) is 18.4 Å². The summed E-state index contributed by atoms with van der Waals surface area (Å²) in [7, 11) is 0. The first-order chi connectivity index (χ1) is 11.9. The summed E-state index contributed by atoms with van der Waals surface area (Å²) >= 11 is 5.94. The number of ether oxygens (including phenoxy) is 1. The highest BCUT2D eigenvalue weighted by molar-refractivity contribution is 6.30. The molecule has 130 valence electrons. The van der Waals surface area contributed by atoms with Gasteiger partial charge in [-0.2, -0.15) is 0 Å². The van der Waals surface area contributed by atoms with Crippen molar-refractivity contribution in [3.05, 3.63) is 64.6 Å². The molecule has 0 saturated carbocycles. The van der Waals surface area contributed by atoms with Crippen LogP contribution in [0.15, 0.2) is 36.4 Å². The maximum atomic E-state index is 14.7. The van der Waals surface area contributed by atoms with E-state index in [9.17, 15) is 8.78 Å². The van der Waals surface area contributed by atoms with Crippen LogP contribution in [0.25, 0.3) is 16.9 Å². The fourth-order valence-electron chi connectivity index (χ4n) is 2.89. The van der Waals surface area contributed by atoms with Crippen LogP contribution in [0.3, 0.4) is 0 Å². The topological polar surface area (TPSA) is 27.1 Å². The second kappa shape index (κ2) is 6.84. The van der Waals surface area contributed by atoms with Crippen molar-refractivity contribution < 1.29 is 13.5 Å². The van der Waals surface area contributed by atoms with E-state index in [1.807, 2.05) is 0 Å². The molecule has 1 heterocycles. The lowest BCUT2D eigenvalue weighted by Crippen LogP contribution is -2.03. The van der Waals surface area contributed by atoms with Crippen molar-refractivity contribution >= 4 is 11.6 Å². The molecule has 0 atom stereocenters. The van der Waals surface area contributed by atoms with E-state index in [4.69, 9.17) is 16.3 Å². The summed E-state index contributed by atoms with van der Waals surface area (Å²) in [6.07, 6.45) is 0. The van der Waals surface area contributed by atoms with Gasteiger partial charge in [-0.15, -0.1) is 0 Å². The molecule has 0 amide bonds. The second-order valence-electron chi connectivity index (χ2n) is 5.60. The number of rotatable bonds is 4. The number of imidazole rings is 1. The van der Waals surface area contributed by atoms with Gasteiger partial charge in [-0.25, -0.2) is 13.8 Å². The molecule has 0 saturated heterocycles. The molecular weight excluding hydrogens is 346 g/mol. The van der Waals surface area contributed by atoms with Gasteiger partial charge in [0.2, 0.25) is 0 Å². The minimum absolute atomic E-state index is 0.128. The van der Waals surface area contributed by atoms with Gasteiger partial charge in [0, 0.05) is 22.8 Å². The standard InChI is InChI=1S/C19H17ClF2N2O/c1-4-25-15-9-16(21)18(17(22)10-15)19-11(2)23-12(3)24(19)14-7-5-13(20)6-8-14/h5-10H,4H2,1-3H3.